The first-order chi connectivity index (χ1) is 22.0. The molecule has 0 radical (unpaired) electrons. The number of nitrogens with zero attached hydrogens (tertiary/aromatic N) is 5. The molecular formula is C34H51N5O6Si. The quantitative estimate of drug-likeness (QED) is 0.136. The Bertz CT molecular complexity index is 1420. The van der Waals surface area contributed by atoms with E-state index in [0.717, 1.165) is 36.7 Å². The summed E-state index contributed by atoms with van der Waals surface area (Å²) in [6.07, 6.45) is 5.83. The molecule has 0 N–H and O–H groups in total. The van der Waals surface area contributed by atoms with Crippen LogP contribution in [0, 0.1) is 5.41 Å². The Morgan fingerprint density at radius 1 is 0.957 bits per heavy atom. The summed E-state index contributed by atoms with van der Waals surface area (Å²) in [5.74, 6) is 0.260. The van der Waals surface area contributed by atoms with Crippen LogP contribution in [0.5, 0.6) is 0 Å². The van der Waals surface area contributed by atoms with Crippen LogP contribution in [0.1, 0.15) is 82.0 Å². The Morgan fingerprint density at radius 3 is 2.33 bits per heavy atom. The number of carbonyl (C=O) groups is 3. The average molecular weight is 654 g/mol. The van der Waals surface area contributed by atoms with E-state index in [9.17, 15) is 19.2 Å². The van der Waals surface area contributed by atoms with E-state index in [1.807, 2.05) is 41.8 Å². The van der Waals surface area contributed by atoms with Crippen molar-refractivity contribution in [2.45, 2.75) is 122 Å². The summed E-state index contributed by atoms with van der Waals surface area (Å²) >= 11 is 0. The fourth-order valence-corrected chi connectivity index (χ4v) is 7.29. The number of barbiturate groups is 1. The molecule has 1 saturated heterocycles. The fraction of sp³-hybridized carbons (Fsp3) is 0.676. The number of hydrogen-bond acceptors (Lipinski definition) is 7. The van der Waals surface area contributed by atoms with Gasteiger partial charge in [-0.1, -0.05) is 63.3 Å². The molecule has 0 unspecified atom stereocenters. The van der Waals surface area contributed by atoms with Crippen molar-refractivity contribution in [2.24, 2.45) is 5.41 Å². The summed E-state index contributed by atoms with van der Waals surface area (Å²) in [5, 5.41) is 4.76. The van der Waals surface area contributed by atoms with Gasteiger partial charge in [0.25, 0.3) is 0 Å². The van der Waals surface area contributed by atoms with Crippen molar-refractivity contribution in [3.8, 4) is 0 Å². The highest BCUT2D eigenvalue weighted by molar-refractivity contribution is 6.76. The molecule has 252 valence electrons. The van der Waals surface area contributed by atoms with Crippen molar-refractivity contribution in [3.63, 3.8) is 0 Å². The van der Waals surface area contributed by atoms with Crippen molar-refractivity contribution in [2.75, 3.05) is 19.8 Å². The topological polar surface area (TPSA) is 116 Å². The standard InChI is InChI=1S/C34H51N5O6Si/c1-5-6-18-36-29(40)21-30(41)39(33(36)43)28-14-16-34(17-15-28,24-45-22-26-10-8-7-9-11-26)23-37-31(27-12-13-27)35-38(32(37)42)25-44-19-20-46(2,3)4/h7-11,27-28H,5-6,12-25H2,1-4H3. The predicted molar refractivity (Wildman–Crippen MR) is 177 cm³/mol. The minimum atomic E-state index is -1.26. The second kappa shape index (κ2) is 14.8. The van der Waals surface area contributed by atoms with Crippen LogP contribution in [0.2, 0.25) is 25.7 Å². The van der Waals surface area contributed by atoms with Crippen molar-refractivity contribution >= 4 is 25.9 Å². The van der Waals surface area contributed by atoms with Gasteiger partial charge in [-0.25, -0.2) is 9.59 Å². The molecule has 1 aromatic carbocycles. The maximum atomic E-state index is 13.8. The summed E-state index contributed by atoms with van der Waals surface area (Å²) in [7, 11) is -1.26. The van der Waals surface area contributed by atoms with Crippen molar-refractivity contribution in [1.82, 2.24) is 24.1 Å². The number of aromatic nitrogens is 3. The Hall–Kier alpha value is -3.09. The van der Waals surface area contributed by atoms with Gasteiger partial charge in [0.15, 0.2) is 0 Å². The molecule has 1 aromatic heterocycles. The summed E-state index contributed by atoms with van der Waals surface area (Å²) in [6.45, 7) is 11.3. The number of unbranched alkanes of at least 4 members (excludes halogenated alkanes) is 1. The van der Waals surface area contributed by atoms with Gasteiger partial charge in [0.2, 0.25) is 11.8 Å². The van der Waals surface area contributed by atoms with E-state index in [1.165, 1.54) is 14.5 Å². The monoisotopic (exact) mass is 653 g/mol. The SMILES string of the molecule is CCCCN1C(=O)CC(=O)N(C2CCC(COCc3ccccc3)(Cn3c(C4CC4)nn(COCC[Si](C)(C)C)c3=O)CC2)C1=O. The molecular weight excluding hydrogens is 602 g/mol. The zero-order valence-electron chi connectivity index (χ0n) is 28.0. The van der Waals surface area contributed by atoms with E-state index in [2.05, 4.69) is 19.6 Å². The number of urea groups is 1. The van der Waals surface area contributed by atoms with Gasteiger partial charge >= 0.3 is 11.7 Å². The van der Waals surface area contributed by atoms with Crippen molar-refractivity contribution < 1.29 is 23.9 Å². The van der Waals surface area contributed by atoms with Crippen LogP contribution in [0.15, 0.2) is 35.1 Å². The zero-order valence-corrected chi connectivity index (χ0v) is 29.0. The van der Waals surface area contributed by atoms with Crippen molar-refractivity contribution in [3.05, 3.63) is 52.2 Å². The maximum Gasteiger partial charge on any atom is 0.348 e. The molecule has 2 heterocycles. The number of amides is 4. The first-order valence-corrected chi connectivity index (χ1v) is 20.7. The molecule has 46 heavy (non-hydrogen) atoms. The van der Waals surface area contributed by atoms with Gasteiger partial charge in [-0.05, 0) is 56.6 Å². The normalized spacial score (nSPS) is 22.6. The van der Waals surface area contributed by atoms with E-state index in [4.69, 9.17) is 14.6 Å². The van der Waals surface area contributed by atoms with Crippen LogP contribution in [-0.2, 0) is 38.9 Å². The Morgan fingerprint density at radius 2 is 1.67 bits per heavy atom. The number of hydrogen-bond donors (Lipinski definition) is 0. The van der Waals surface area contributed by atoms with Gasteiger partial charge in [-0.15, -0.1) is 0 Å². The first kappa shape index (κ1) is 34.2. The molecule has 0 bridgehead atoms. The molecule has 12 heteroatoms. The zero-order chi connectivity index (χ0) is 32.9. The van der Waals surface area contributed by atoms with Crippen LogP contribution in [0.3, 0.4) is 0 Å². The molecule has 0 atom stereocenters. The third-order valence-corrected chi connectivity index (χ3v) is 11.2. The molecule has 0 spiro atoms. The van der Waals surface area contributed by atoms with Crippen LogP contribution < -0.4 is 5.69 Å². The molecule has 2 saturated carbocycles. The lowest BCUT2D eigenvalue weighted by Crippen LogP contribution is -2.59. The second-order valence-corrected chi connectivity index (χ2v) is 20.3. The van der Waals surface area contributed by atoms with Crippen LogP contribution in [0.25, 0.3) is 0 Å². The summed E-state index contributed by atoms with van der Waals surface area (Å²) < 4.78 is 15.6. The number of carbonyl (C=O) groups excluding carboxylic acids is 3. The Labute approximate surface area is 273 Å². The number of imide groups is 2. The molecule has 2 aliphatic carbocycles. The highest BCUT2D eigenvalue weighted by Gasteiger charge is 2.46. The van der Waals surface area contributed by atoms with Gasteiger partial charge in [0, 0.05) is 45.1 Å². The smallest absolute Gasteiger partial charge is 0.348 e. The van der Waals surface area contributed by atoms with Crippen molar-refractivity contribution in [1.29, 1.82) is 0 Å². The van der Waals surface area contributed by atoms with E-state index in [0.29, 0.717) is 65.0 Å². The van der Waals surface area contributed by atoms with Gasteiger partial charge in [0.1, 0.15) is 19.0 Å². The summed E-state index contributed by atoms with van der Waals surface area (Å²) in [5.41, 5.74) is 0.531. The third kappa shape index (κ3) is 8.43. The number of ether oxygens (including phenoxy) is 2. The van der Waals surface area contributed by atoms with E-state index >= 15 is 0 Å². The average Bonchev–Trinajstić information content (AvgIpc) is 3.81. The Balaban J connectivity index is 1.33. The van der Waals surface area contributed by atoms with Crippen LogP contribution >= 0.6 is 0 Å². The molecule has 5 rings (SSSR count). The highest BCUT2D eigenvalue weighted by atomic mass is 28.3. The lowest BCUT2D eigenvalue weighted by Gasteiger charge is -2.44. The van der Waals surface area contributed by atoms with Gasteiger partial charge < -0.3 is 9.47 Å². The van der Waals surface area contributed by atoms with Gasteiger partial charge in [-0.2, -0.15) is 9.78 Å². The van der Waals surface area contributed by atoms with Gasteiger partial charge in [0.05, 0.1) is 13.2 Å². The summed E-state index contributed by atoms with van der Waals surface area (Å²) in [6, 6.07) is 10.3. The van der Waals surface area contributed by atoms with Gasteiger partial charge in [-0.3, -0.25) is 24.0 Å². The van der Waals surface area contributed by atoms with E-state index in [1.54, 1.807) is 0 Å². The minimum absolute atomic E-state index is 0.141. The fourth-order valence-electron chi connectivity index (χ4n) is 6.53. The molecule has 2 aromatic rings. The molecule has 3 fully saturated rings. The highest BCUT2D eigenvalue weighted by Crippen LogP contribution is 2.43. The Kier molecular flexibility index (Phi) is 11.0. The molecule has 4 amide bonds. The lowest BCUT2D eigenvalue weighted by atomic mass is 9.72. The maximum absolute atomic E-state index is 13.8. The number of benzene rings is 1. The second-order valence-electron chi connectivity index (χ2n) is 14.7. The lowest BCUT2D eigenvalue weighted by molar-refractivity contribution is -0.145. The number of rotatable bonds is 16. The predicted octanol–water partition coefficient (Wildman–Crippen LogP) is 5.36. The molecule has 1 aliphatic heterocycles. The first-order valence-electron chi connectivity index (χ1n) is 17.0. The van der Waals surface area contributed by atoms with Crippen LogP contribution in [0.4, 0.5) is 4.79 Å². The molecule has 3 aliphatic rings. The van der Waals surface area contributed by atoms with E-state index in [-0.39, 0.29) is 36.2 Å². The largest absolute Gasteiger partial charge is 0.376 e. The summed E-state index contributed by atoms with van der Waals surface area (Å²) in [4.78, 5) is 55.3. The minimum Gasteiger partial charge on any atom is -0.376 e. The third-order valence-electron chi connectivity index (χ3n) is 9.54. The van der Waals surface area contributed by atoms with Crippen LogP contribution in [-0.4, -0.2) is 75.9 Å². The van der Waals surface area contributed by atoms with E-state index < -0.39 is 25.9 Å². The molecule has 11 nitrogen and oxygen atoms in total.